The highest BCUT2D eigenvalue weighted by molar-refractivity contribution is 5.74. The Hall–Kier alpha value is -1.42. The molecule has 2 rings (SSSR count). The van der Waals surface area contributed by atoms with Crippen molar-refractivity contribution in [2.75, 3.05) is 24.2 Å². The van der Waals surface area contributed by atoms with Gasteiger partial charge in [0.2, 0.25) is 0 Å². The third-order valence-electron chi connectivity index (χ3n) is 3.88. The first-order valence-electron chi connectivity index (χ1n) is 7.40. The second kappa shape index (κ2) is 5.92. The number of para-hydroxylation sites is 1. The lowest BCUT2D eigenvalue weighted by Gasteiger charge is -2.31. The lowest BCUT2D eigenvalue weighted by atomic mass is 10.0. The molecule has 3 N–H and O–H groups in total. The largest absolute Gasteiger partial charge is 0.489 e. The van der Waals surface area contributed by atoms with E-state index in [0.717, 1.165) is 31.4 Å². The molecule has 0 atom stereocenters. The Bertz CT molecular complexity index is 454. The highest BCUT2D eigenvalue weighted by Gasteiger charge is 2.32. The molecule has 0 bridgehead atoms. The van der Waals surface area contributed by atoms with Gasteiger partial charge in [-0.1, -0.05) is 18.9 Å². The van der Waals surface area contributed by atoms with Crippen LogP contribution in [0.3, 0.4) is 0 Å². The molecule has 20 heavy (non-hydrogen) atoms. The van der Waals surface area contributed by atoms with Crippen molar-refractivity contribution in [3.05, 3.63) is 18.2 Å². The average molecular weight is 278 g/mol. The maximum Gasteiger partial charge on any atom is 0.144 e. The number of hydrogen-bond donors (Lipinski definition) is 2. The van der Waals surface area contributed by atoms with Crippen LogP contribution in [0.5, 0.6) is 5.75 Å². The fourth-order valence-corrected chi connectivity index (χ4v) is 2.94. The minimum absolute atomic E-state index is 0.0943. The Morgan fingerprint density at radius 1 is 1.35 bits per heavy atom. The van der Waals surface area contributed by atoms with E-state index in [1.54, 1.807) is 0 Å². The number of hydrogen-bond acceptors (Lipinski definition) is 4. The Morgan fingerprint density at radius 2 is 2.00 bits per heavy atom. The summed E-state index contributed by atoms with van der Waals surface area (Å²) in [6.45, 7) is 4.58. The summed E-state index contributed by atoms with van der Waals surface area (Å²) in [5.74, 6) is 0.711. The van der Waals surface area contributed by atoms with Gasteiger partial charge < -0.3 is 20.5 Å². The predicted molar refractivity (Wildman–Crippen MR) is 83.3 cm³/mol. The van der Waals surface area contributed by atoms with Crippen molar-refractivity contribution >= 4 is 11.4 Å². The average Bonchev–Trinajstić information content (AvgIpc) is 2.77. The lowest BCUT2D eigenvalue weighted by Crippen LogP contribution is -2.39. The number of nitrogen functional groups attached to an aromatic ring is 1. The third-order valence-corrected chi connectivity index (χ3v) is 3.88. The molecule has 1 aromatic rings. The third kappa shape index (κ3) is 3.37. The summed E-state index contributed by atoms with van der Waals surface area (Å²) in [7, 11) is 1.97. The molecule has 0 spiro atoms. The molecule has 1 aliphatic rings. The van der Waals surface area contributed by atoms with Crippen LogP contribution in [0.4, 0.5) is 11.4 Å². The van der Waals surface area contributed by atoms with E-state index < -0.39 is 5.60 Å². The first-order chi connectivity index (χ1) is 9.41. The van der Waals surface area contributed by atoms with Crippen molar-refractivity contribution in [1.82, 2.24) is 0 Å². The van der Waals surface area contributed by atoms with Crippen LogP contribution in [0.15, 0.2) is 18.2 Å². The molecule has 0 aromatic heterocycles. The van der Waals surface area contributed by atoms with E-state index in [1.807, 2.05) is 44.0 Å². The van der Waals surface area contributed by atoms with Gasteiger partial charge in [0, 0.05) is 13.6 Å². The van der Waals surface area contributed by atoms with Crippen molar-refractivity contribution in [1.29, 1.82) is 0 Å². The number of likely N-dealkylation sites (N-methyl/N-ethyl adjacent to an activating group) is 1. The van der Waals surface area contributed by atoms with Gasteiger partial charge in [0.1, 0.15) is 5.75 Å². The second-order valence-electron chi connectivity index (χ2n) is 6.14. The second-order valence-corrected chi connectivity index (χ2v) is 6.14. The zero-order valence-electron chi connectivity index (χ0n) is 12.7. The van der Waals surface area contributed by atoms with Crippen molar-refractivity contribution in [2.45, 2.75) is 51.2 Å². The SMILES string of the molecule is CC(C)Oc1cccc(N(C)CC2(O)CCCC2)c1N. The monoisotopic (exact) mass is 278 g/mol. The summed E-state index contributed by atoms with van der Waals surface area (Å²) >= 11 is 0. The van der Waals surface area contributed by atoms with Crippen LogP contribution in [-0.2, 0) is 0 Å². The molecule has 4 heteroatoms. The fraction of sp³-hybridized carbons (Fsp3) is 0.625. The highest BCUT2D eigenvalue weighted by atomic mass is 16.5. The molecule has 0 amide bonds. The summed E-state index contributed by atoms with van der Waals surface area (Å²) in [6.07, 6.45) is 4.06. The summed E-state index contributed by atoms with van der Waals surface area (Å²) in [5.41, 5.74) is 7.19. The first-order valence-corrected chi connectivity index (χ1v) is 7.40. The van der Waals surface area contributed by atoms with Gasteiger partial charge in [0.05, 0.1) is 23.1 Å². The van der Waals surface area contributed by atoms with Gasteiger partial charge in [0.25, 0.3) is 0 Å². The minimum atomic E-state index is -0.573. The molecule has 1 fully saturated rings. The quantitative estimate of drug-likeness (QED) is 0.813. The summed E-state index contributed by atoms with van der Waals surface area (Å²) < 4.78 is 5.72. The molecular weight excluding hydrogens is 252 g/mol. The van der Waals surface area contributed by atoms with E-state index in [4.69, 9.17) is 10.5 Å². The summed E-state index contributed by atoms with van der Waals surface area (Å²) in [5, 5.41) is 10.5. The minimum Gasteiger partial charge on any atom is -0.489 e. The van der Waals surface area contributed by atoms with Crippen LogP contribution >= 0.6 is 0 Å². The van der Waals surface area contributed by atoms with Crippen molar-refractivity contribution in [3.63, 3.8) is 0 Å². The molecule has 1 saturated carbocycles. The number of nitrogens with zero attached hydrogens (tertiary/aromatic N) is 1. The van der Waals surface area contributed by atoms with Gasteiger partial charge in [-0.05, 0) is 38.8 Å². The van der Waals surface area contributed by atoms with Gasteiger partial charge in [-0.25, -0.2) is 0 Å². The molecule has 112 valence electrons. The Morgan fingerprint density at radius 3 is 2.60 bits per heavy atom. The fourth-order valence-electron chi connectivity index (χ4n) is 2.94. The molecule has 1 aromatic carbocycles. The van der Waals surface area contributed by atoms with Crippen LogP contribution in [0.1, 0.15) is 39.5 Å². The van der Waals surface area contributed by atoms with Gasteiger partial charge in [-0.2, -0.15) is 0 Å². The summed E-state index contributed by atoms with van der Waals surface area (Å²) in [4.78, 5) is 2.04. The molecule has 4 nitrogen and oxygen atoms in total. The van der Waals surface area contributed by atoms with E-state index in [-0.39, 0.29) is 6.10 Å². The normalized spacial score (nSPS) is 17.4. The number of anilines is 2. The maximum atomic E-state index is 10.5. The van der Waals surface area contributed by atoms with Gasteiger partial charge in [-0.15, -0.1) is 0 Å². The van der Waals surface area contributed by atoms with Crippen molar-refractivity contribution in [2.24, 2.45) is 0 Å². The van der Waals surface area contributed by atoms with Crippen molar-refractivity contribution in [3.8, 4) is 5.75 Å². The van der Waals surface area contributed by atoms with Crippen LogP contribution < -0.4 is 15.4 Å². The topological polar surface area (TPSA) is 58.7 Å². The number of rotatable bonds is 5. The molecule has 0 heterocycles. The molecule has 0 aliphatic heterocycles. The predicted octanol–water partition coefficient (Wildman–Crippen LogP) is 2.80. The number of nitrogens with two attached hydrogens (primary N) is 1. The van der Waals surface area contributed by atoms with Crippen molar-refractivity contribution < 1.29 is 9.84 Å². The number of benzene rings is 1. The van der Waals surface area contributed by atoms with E-state index >= 15 is 0 Å². The Balaban J connectivity index is 2.15. The summed E-state index contributed by atoms with van der Waals surface area (Å²) in [6, 6.07) is 5.80. The molecular formula is C16H26N2O2. The van der Waals surface area contributed by atoms with Gasteiger partial charge >= 0.3 is 0 Å². The van der Waals surface area contributed by atoms with Crippen LogP contribution in [0.2, 0.25) is 0 Å². The van der Waals surface area contributed by atoms with Crippen LogP contribution in [0.25, 0.3) is 0 Å². The number of aliphatic hydroxyl groups is 1. The lowest BCUT2D eigenvalue weighted by molar-refractivity contribution is 0.0559. The van der Waals surface area contributed by atoms with E-state index in [2.05, 4.69) is 0 Å². The zero-order chi connectivity index (χ0) is 14.8. The van der Waals surface area contributed by atoms with E-state index in [0.29, 0.717) is 18.0 Å². The van der Waals surface area contributed by atoms with Crippen LogP contribution in [0, 0.1) is 0 Å². The maximum absolute atomic E-state index is 10.5. The zero-order valence-corrected chi connectivity index (χ0v) is 12.7. The standard InChI is InChI=1S/C16H26N2O2/c1-12(2)20-14-8-6-7-13(15(14)17)18(3)11-16(19)9-4-5-10-16/h6-8,12,19H,4-5,9-11,17H2,1-3H3. The van der Waals surface area contributed by atoms with E-state index in [9.17, 15) is 5.11 Å². The molecule has 0 radical (unpaired) electrons. The molecule has 1 aliphatic carbocycles. The molecule has 0 unspecified atom stereocenters. The highest BCUT2D eigenvalue weighted by Crippen LogP contribution is 2.35. The van der Waals surface area contributed by atoms with Gasteiger partial charge in [-0.3, -0.25) is 0 Å². The smallest absolute Gasteiger partial charge is 0.144 e. The number of ether oxygens (including phenoxy) is 1. The Labute approximate surface area is 121 Å². The van der Waals surface area contributed by atoms with E-state index in [1.165, 1.54) is 0 Å². The van der Waals surface area contributed by atoms with Crippen LogP contribution in [-0.4, -0.2) is 30.4 Å². The van der Waals surface area contributed by atoms with Gasteiger partial charge in [0.15, 0.2) is 0 Å². The molecule has 0 saturated heterocycles. The Kier molecular flexibility index (Phi) is 4.43. The first kappa shape index (κ1) is 15.0.